The van der Waals surface area contributed by atoms with Crippen LogP contribution < -0.4 is 10.6 Å². The molecule has 3 heterocycles. The van der Waals surface area contributed by atoms with Gasteiger partial charge in [0, 0.05) is 40.0 Å². The number of aromatic nitrogens is 1. The number of nitrogens with one attached hydrogen (secondary N) is 2. The normalized spacial score (nSPS) is 15.2. The summed E-state index contributed by atoms with van der Waals surface area (Å²) >= 11 is 1.61. The highest BCUT2D eigenvalue weighted by Crippen LogP contribution is 2.23. The fourth-order valence-corrected chi connectivity index (χ4v) is 3.50. The molecule has 156 valence electrons. The summed E-state index contributed by atoms with van der Waals surface area (Å²) in [7, 11) is 1.76. The molecule has 9 heteroatoms. The van der Waals surface area contributed by atoms with Crippen molar-refractivity contribution in [1.29, 1.82) is 0 Å². The number of hydrogen-bond donors (Lipinski definition) is 2. The van der Waals surface area contributed by atoms with Crippen molar-refractivity contribution in [2.45, 2.75) is 25.8 Å². The summed E-state index contributed by atoms with van der Waals surface area (Å²) in [6.45, 7) is 4.72. The summed E-state index contributed by atoms with van der Waals surface area (Å²) in [6.07, 6.45) is 4.85. The van der Waals surface area contributed by atoms with Gasteiger partial charge in [0.2, 0.25) is 5.89 Å². The van der Waals surface area contributed by atoms with Crippen molar-refractivity contribution in [3.8, 4) is 10.8 Å². The zero-order chi connectivity index (χ0) is 18.7. The molecule has 1 aliphatic heterocycles. The molecule has 1 fully saturated rings. The Bertz CT molecular complexity index is 687. The first-order valence-corrected chi connectivity index (χ1v) is 10.3. The van der Waals surface area contributed by atoms with Crippen LogP contribution in [0, 0.1) is 5.92 Å². The van der Waals surface area contributed by atoms with E-state index in [4.69, 9.17) is 13.9 Å². The molecule has 0 amide bonds. The van der Waals surface area contributed by atoms with E-state index in [0.717, 1.165) is 68.8 Å². The largest absolute Gasteiger partial charge is 0.443 e. The van der Waals surface area contributed by atoms with Crippen LogP contribution in [0.3, 0.4) is 0 Å². The van der Waals surface area contributed by atoms with Gasteiger partial charge < -0.3 is 24.5 Å². The van der Waals surface area contributed by atoms with Crippen LogP contribution in [0.2, 0.25) is 0 Å². The minimum atomic E-state index is 0. The van der Waals surface area contributed by atoms with Crippen LogP contribution in [-0.2, 0) is 16.0 Å². The van der Waals surface area contributed by atoms with E-state index in [1.54, 1.807) is 24.6 Å². The number of rotatable bonds is 9. The number of aliphatic imine (C=N–C) groups is 1. The molecule has 1 saturated heterocycles. The van der Waals surface area contributed by atoms with Crippen molar-refractivity contribution in [3.63, 3.8) is 0 Å². The minimum Gasteiger partial charge on any atom is -0.443 e. The quantitative estimate of drug-likeness (QED) is 0.228. The van der Waals surface area contributed by atoms with E-state index in [2.05, 4.69) is 20.6 Å². The van der Waals surface area contributed by atoms with E-state index in [0.29, 0.717) is 18.4 Å². The molecule has 0 spiro atoms. The van der Waals surface area contributed by atoms with Gasteiger partial charge in [-0.3, -0.25) is 4.99 Å². The fraction of sp³-hybridized carbons (Fsp3) is 0.579. The van der Waals surface area contributed by atoms with E-state index in [1.165, 1.54) is 0 Å². The number of oxazole rings is 1. The lowest BCUT2D eigenvalue weighted by molar-refractivity contribution is 0.0203. The van der Waals surface area contributed by atoms with Gasteiger partial charge in [-0.1, -0.05) is 6.07 Å². The Morgan fingerprint density at radius 2 is 2.21 bits per heavy atom. The molecule has 0 bridgehead atoms. The first kappa shape index (κ1) is 23.1. The summed E-state index contributed by atoms with van der Waals surface area (Å²) in [5.74, 6) is 2.06. The Hall–Kier alpha value is -1.17. The van der Waals surface area contributed by atoms with Crippen LogP contribution in [0.15, 0.2) is 33.2 Å². The molecular weight excluding hydrogens is 491 g/mol. The zero-order valence-corrected chi connectivity index (χ0v) is 19.3. The summed E-state index contributed by atoms with van der Waals surface area (Å²) in [6, 6.07) is 3.99. The van der Waals surface area contributed by atoms with Crippen molar-refractivity contribution < 1.29 is 13.9 Å². The maximum Gasteiger partial charge on any atom is 0.236 e. The van der Waals surface area contributed by atoms with Crippen LogP contribution in [-0.4, -0.2) is 51.0 Å². The second-order valence-electron chi connectivity index (χ2n) is 6.46. The van der Waals surface area contributed by atoms with Crippen molar-refractivity contribution in [2.75, 3.05) is 40.0 Å². The number of guanidine groups is 1. The van der Waals surface area contributed by atoms with Gasteiger partial charge in [0.05, 0.1) is 17.1 Å². The molecule has 0 saturated carbocycles. The minimum absolute atomic E-state index is 0. The third kappa shape index (κ3) is 7.69. The molecular formula is C19H29IN4O3S. The van der Waals surface area contributed by atoms with Crippen molar-refractivity contribution in [1.82, 2.24) is 15.6 Å². The standard InChI is InChI=1S/C19H28N4O3S.HI/c1-20-19(21-7-3-8-25-13-15-5-9-24-10-6-15)22-12-16-14-26-18(23-16)17-4-2-11-27-17;/h2,4,11,14-15H,3,5-10,12-13H2,1H3,(H2,20,21,22);1H. The Morgan fingerprint density at radius 1 is 1.36 bits per heavy atom. The Morgan fingerprint density at radius 3 is 2.96 bits per heavy atom. The molecule has 1 aliphatic rings. The first-order valence-electron chi connectivity index (χ1n) is 9.43. The molecule has 28 heavy (non-hydrogen) atoms. The van der Waals surface area contributed by atoms with Crippen molar-refractivity contribution in [2.24, 2.45) is 10.9 Å². The van der Waals surface area contributed by atoms with Crippen molar-refractivity contribution >= 4 is 41.3 Å². The smallest absolute Gasteiger partial charge is 0.236 e. The molecule has 2 N–H and O–H groups in total. The predicted molar refractivity (Wildman–Crippen MR) is 122 cm³/mol. The van der Waals surface area contributed by atoms with Crippen LogP contribution in [0.4, 0.5) is 0 Å². The van der Waals surface area contributed by atoms with Gasteiger partial charge in [-0.15, -0.1) is 35.3 Å². The monoisotopic (exact) mass is 520 g/mol. The number of thiophene rings is 1. The van der Waals surface area contributed by atoms with Crippen LogP contribution in [0.5, 0.6) is 0 Å². The summed E-state index contributed by atoms with van der Waals surface area (Å²) in [5.41, 5.74) is 0.848. The lowest BCUT2D eigenvalue weighted by atomic mass is 10.0. The lowest BCUT2D eigenvalue weighted by Crippen LogP contribution is -2.37. The molecule has 3 rings (SSSR count). The van der Waals surface area contributed by atoms with Gasteiger partial charge in [-0.05, 0) is 36.6 Å². The Labute approximate surface area is 187 Å². The second-order valence-corrected chi connectivity index (χ2v) is 7.41. The highest BCUT2D eigenvalue weighted by Gasteiger charge is 2.13. The van der Waals surface area contributed by atoms with Gasteiger partial charge in [0.1, 0.15) is 6.26 Å². The number of halogens is 1. The van der Waals surface area contributed by atoms with E-state index in [-0.39, 0.29) is 24.0 Å². The van der Waals surface area contributed by atoms with Gasteiger partial charge >= 0.3 is 0 Å². The van der Waals surface area contributed by atoms with Gasteiger partial charge in [-0.2, -0.15) is 0 Å². The SMILES string of the molecule is CN=C(NCCCOCC1CCOCC1)NCc1coc(-c2cccs2)n1.I. The molecule has 0 radical (unpaired) electrons. The molecule has 2 aromatic rings. The Balaban J connectivity index is 0.00000280. The highest BCUT2D eigenvalue weighted by atomic mass is 127. The molecule has 0 atom stereocenters. The average molecular weight is 520 g/mol. The van der Waals surface area contributed by atoms with Gasteiger partial charge in [0.25, 0.3) is 0 Å². The lowest BCUT2D eigenvalue weighted by Gasteiger charge is -2.21. The highest BCUT2D eigenvalue weighted by molar-refractivity contribution is 14.0. The topological polar surface area (TPSA) is 80.9 Å². The van der Waals surface area contributed by atoms with Gasteiger partial charge in [0.15, 0.2) is 5.96 Å². The first-order chi connectivity index (χ1) is 13.3. The number of hydrogen-bond acceptors (Lipinski definition) is 6. The summed E-state index contributed by atoms with van der Waals surface area (Å²) in [5, 5.41) is 8.56. The summed E-state index contributed by atoms with van der Waals surface area (Å²) in [4.78, 5) is 9.76. The molecule has 2 aromatic heterocycles. The number of nitrogens with zero attached hydrogens (tertiary/aromatic N) is 2. The molecule has 0 unspecified atom stereocenters. The van der Waals surface area contributed by atoms with Crippen LogP contribution >= 0.6 is 35.3 Å². The van der Waals surface area contributed by atoms with E-state index >= 15 is 0 Å². The zero-order valence-electron chi connectivity index (χ0n) is 16.2. The van der Waals surface area contributed by atoms with Crippen LogP contribution in [0.1, 0.15) is 25.0 Å². The third-order valence-corrected chi connectivity index (χ3v) is 5.25. The average Bonchev–Trinajstić information content (AvgIpc) is 3.39. The van der Waals surface area contributed by atoms with Gasteiger partial charge in [-0.25, -0.2) is 4.98 Å². The van der Waals surface area contributed by atoms with E-state index in [1.807, 2.05) is 17.5 Å². The predicted octanol–water partition coefficient (Wildman–Crippen LogP) is 3.52. The fourth-order valence-electron chi connectivity index (χ4n) is 2.84. The maximum atomic E-state index is 5.78. The summed E-state index contributed by atoms with van der Waals surface area (Å²) < 4.78 is 16.7. The molecule has 0 aromatic carbocycles. The van der Waals surface area contributed by atoms with Crippen LogP contribution in [0.25, 0.3) is 10.8 Å². The second kappa shape index (κ2) is 13.1. The number of ether oxygens (including phenoxy) is 2. The maximum absolute atomic E-state index is 5.78. The third-order valence-electron chi connectivity index (χ3n) is 4.40. The van der Waals surface area contributed by atoms with E-state index in [9.17, 15) is 0 Å². The molecule has 7 nitrogen and oxygen atoms in total. The van der Waals surface area contributed by atoms with E-state index < -0.39 is 0 Å². The molecule has 0 aliphatic carbocycles. The van der Waals surface area contributed by atoms with Crippen molar-refractivity contribution in [3.05, 3.63) is 29.5 Å². The Kier molecular flexibility index (Phi) is 10.8.